The van der Waals surface area contributed by atoms with Gasteiger partial charge in [0.15, 0.2) is 5.78 Å². The van der Waals surface area contributed by atoms with Gasteiger partial charge in [0.1, 0.15) is 23.0 Å². The molecule has 0 aromatic heterocycles. The Morgan fingerprint density at radius 1 is 0.862 bits per heavy atom. The molecule has 0 radical (unpaired) electrons. The summed E-state index contributed by atoms with van der Waals surface area (Å²) in [7, 11) is -4.33. The molecule has 0 fully saturated rings. The zero-order valence-electron chi connectivity index (χ0n) is 15.3. The van der Waals surface area contributed by atoms with Crippen LogP contribution >= 0.6 is 7.82 Å². The summed E-state index contributed by atoms with van der Waals surface area (Å²) in [5.74, 6) is -0.286. The van der Waals surface area contributed by atoms with E-state index in [4.69, 9.17) is 9.05 Å². The van der Waals surface area contributed by atoms with E-state index in [1.807, 2.05) is 0 Å². The Hall–Kier alpha value is -3.28. The normalized spacial score (nSPS) is 12.7. The maximum atomic E-state index is 12.2. The molecule has 0 bridgehead atoms. The summed E-state index contributed by atoms with van der Waals surface area (Å²) in [4.78, 5) is 22.1. The Balaban J connectivity index is 1.57. The molecule has 0 aliphatic heterocycles. The van der Waals surface area contributed by atoms with Gasteiger partial charge in [0.25, 0.3) is 0 Å². The highest BCUT2D eigenvalue weighted by molar-refractivity contribution is 7.48. The highest BCUT2D eigenvalue weighted by atomic mass is 31.2. The fourth-order valence-corrected chi connectivity index (χ4v) is 3.45. The SMILES string of the molecule is O=C(CCc1ccc(OP(=O)(O)Oc2ccccc2)cc1)c1ccc(O)cc1O. The average molecular weight is 414 g/mol. The molecule has 3 aromatic carbocycles. The number of phosphoric ester groups is 1. The van der Waals surface area contributed by atoms with Crippen molar-refractivity contribution in [2.24, 2.45) is 0 Å². The van der Waals surface area contributed by atoms with Crippen LogP contribution in [0.3, 0.4) is 0 Å². The smallest absolute Gasteiger partial charge is 0.508 e. The largest absolute Gasteiger partial charge is 0.584 e. The van der Waals surface area contributed by atoms with Crippen LogP contribution in [0, 0.1) is 0 Å². The molecule has 150 valence electrons. The van der Waals surface area contributed by atoms with Crippen LogP contribution in [0.25, 0.3) is 0 Å². The van der Waals surface area contributed by atoms with Gasteiger partial charge >= 0.3 is 7.82 Å². The standard InChI is InChI=1S/C21H19O7P/c22-16-9-12-19(21(24)14-16)20(23)13-8-15-6-10-18(11-7-15)28-29(25,26)27-17-4-2-1-3-5-17/h1-7,9-12,14,22,24H,8,13H2,(H,25,26). The number of hydrogen-bond acceptors (Lipinski definition) is 6. The lowest BCUT2D eigenvalue weighted by molar-refractivity contribution is 0.0980. The van der Waals surface area contributed by atoms with Crippen LogP contribution in [-0.4, -0.2) is 20.9 Å². The second kappa shape index (κ2) is 8.82. The van der Waals surface area contributed by atoms with E-state index < -0.39 is 7.82 Å². The van der Waals surface area contributed by atoms with Gasteiger partial charge in [0.2, 0.25) is 0 Å². The molecule has 0 aliphatic carbocycles. The first-order valence-electron chi connectivity index (χ1n) is 8.73. The van der Waals surface area contributed by atoms with Crippen molar-refractivity contribution in [2.75, 3.05) is 0 Å². The summed E-state index contributed by atoms with van der Waals surface area (Å²) in [6, 6.07) is 18.3. The van der Waals surface area contributed by atoms with Crippen LogP contribution < -0.4 is 9.05 Å². The second-order valence-corrected chi connectivity index (χ2v) is 7.54. The number of benzene rings is 3. The van der Waals surface area contributed by atoms with Gasteiger partial charge in [-0.3, -0.25) is 9.69 Å². The van der Waals surface area contributed by atoms with Crippen molar-refractivity contribution in [3.63, 3.8) is 0 Å². The number of aryl methyl sites for hydroxylation is 1. The first-order chi connectivity index (χ1) is 13.8. The number of hydrogen-bond donors (Lipinski definition) is 3. The van der Waals surface area contributed by atoms with E-state index in [0.717, 1.165) is 11.6 Å². The van der Waals surface area contributed by atoms with Crippen LogP contribution in [-0.2, 0) is 11.0 Å². The summed E-state index contributed by atoms with van der Waals surface area (Å²) in [5, 5.41) is 19.0. The average Bonchev–Trinajstić information content (AvgIpc) is 2.67. The minimum Gasteiger partial charge on any atom is -0.508 e. The highest BCUT2D eigenvalue weighted by Crippen LogP contribution is 2.44. The molecule has 1 unspecified atom stereocenters. The predicted octanol–water partition coefficient (Wildman–Crippen LogP) is 4.47. The van der Waals surface area contributed by atoms with Gasteiger partial charge in [-0.1, -0.05) is 30.3 Å². The van der Waals surface area contributed by atoms with Crippen molar-refractivity contribution in [2.45, 2.75) is 12.8 Å². The third-order valence-corrected chi connectivity index (χ3v) is 4.91. The maximum absolute atomic E-state index is 12.2. The van der Waals surface area contributed by atoms with Gasteiger partial charge in [-0.05, 0) is 48.4 Å². The summed E-state index contributed by atoms with van der Waals surface area (Å²) >= 11 is 0. The van der Waals surface area contributed by atoms with E-state index >= 15 is 0 Å². The molecule has 7 nitrogen and oxygen atoms in total. The van der Waals surface area contributed by atoms with Crippen LogP contribution in [0.2, 0.25) is 0 Å². The predicted molar refractivity (Wildman–Crippen MR) is 106 cm³/mol. The minimum absolute atomic E-state index is 0.118. The highest BCUT2D eigenvalue weighted by Gasteiger charge is 2.24. The van der Waals surface area contributed by atoms with Crippen LogP contribution in [0.5, 0.6) is 23.0 Å². The topological polar surface area (TPSA) is 113 Å². The molecule has 0 spiro atoms. The molecular formula is C21H19O7P. The summed E-state index contributed by atoms with van der Waals surface area (Å²) in [6.45, 7) is 0. The van der Waals surface area contributed by atoms with E-state index in [1.165, 1.54) is 36.4 Å². The lowest BCUT2D eigenvalue weighted by Gasteiger charge is -2.14. The molecule has 1 atom stereocenters. The first-order valence-corrected chi connectivity index (χ1v) is 10.2. The number of phenols is 2. The van der Waals surface area contributed by atoms with E-state index in [0.29, 0.717) is 6.42 Å². The fourth-order valence-electron chi connectivity index (χ4n) is 2.63. The molecular weight excluding hydrogens is 395 g/mol. The molecule has 8 heteroatoms. The number of phenolic OH excluding ortho intramolecular Hbond substituents is 2. The molecule has 29 heavy (non-hydrogen) atoms. The number of ketones is 1. The molecule has 0 aliphatic rings. The monoisotopic (exact) mass is 414 g/mol. The van der Waals surface area contributed by atoms with Crippen molar-refractivity contribution in [3.05, 3.63) is 83.9 Å². The van der Waals surface area contributed by atoms with Gasteiger partial charge in [0.05, 0.1) is 5.56 Å². The lowest BCUT2D eigenvalue weighted by Crippen LogP contribution is -2.02. The molecule has 0 amide bonds. The first kappa shape index (κ1) is 20.5. The Labute approximate surface area is 167 Å². The van der Waals surface area contributed by atoms with Crippen molar-refractivity contribution in [1.29, 1.82) is 0 Å². The van der Waals surface area contributed by atoms with Crippen molar-refractivity contribution >= 4 is 13.6 Å². The Morgan fingerprint density at radius 3 is 2.10 bits per heavy atom. The van der Waals surface area contributed by atoms with Gasteiger partial charge in [-0.25, -0.2) is 4.57 Å². The zero-order chi connectivity index (χ0) is 20.9. The molecule has 0 heterocycles. The Morgan fingerprint density at radius 2 is 1.48 bits per heavy atom. The van der Waals surface area contributed by atoms with Gasteiger partial charge in [0, 0.05) is 12.5 Å². The van der Waals surface area contributed by atoms with Crippen LogP contribution in [0.1, 0.15) is 22.3 Å². The van der Waals surface area contributed by atoms with E-state index in [2.05, 4.69) is 0 Å². The van der Waals surface area contributed by atoms with Gasteiger partial charge < -0.3 is 19.3 Å². The van der Waals surface area contributed by atoms with E-state index in [1.54, 1.807) is 30.3 Å². The summed E-state index contributed by atoms with van der Waals surface area (Å²) in [5.41, 5.74) is 0.947. The van der Waals surface area contributed by atoms with E-state index in [-0.39, 0.29) is 40.8 Å². The molecule has 0 saturated carbocycles. The summed E-state index contributed by atoms with van der Waals surface area (Å²) < 4.78 is 22.1. The zero-order valence-corrected chi connectivity index (χ0v) is 16.2. The lowest BCUT2D eigenvalue weighted by atomic mass is 10.0. The third kappa shape index (κ3) is 5.85. The van der Waals surface area contributed by atoms with Crippen molar-refractivity contribution in [3.8, 4) is 23.0 Å². The van der Waals surface area contributed by atoms with E-state index in [9.17, 15) is 24.5 Å². The quantitative estimate of drug-likeness (QED) is 0.368. The molecule has 3 rings (SSSR count). The molecule has 3 N–H and O–H groups in total. The van der Waals surface area contributed by atoms with Crippen LogP contribution in [0.15, 0.2) is 72.8 Å². The second-order valence-electron chi connectivity index (χ2n) is 6.23. The number of rotatable bonds is 8. The van der Waals surface area contributed by atoms with Gasteiger partial charge in [-0.15, -0.1) is 0 Å². The number of Topliss-reactive ketones (excluding diaryl/α,β-unsaturated/α-hetero) is 1. The number of phosphoric acid groups is 1. The Kier molecular flexibility index (Phi) is 6.22. The number of para-hydroxylation sites is 1. The summed E-state index contributed by atoms with van der Waals surface area (Å²) in [6.07, 6.45) is 0.547. The molecule has 3 aromatic rings. The van der Waals surface area contributed by atoms with Crippen molar-refractivity contribution < 1.29 is 33.5 Å². The van der Waals surface area contributed by atoms with Crippen LogP contribution in [0.4, 0.5) is 0 Å². The third-order valence-electron chi connectivity index (χ3n) is 4.03. The Bertz CT molecular complexity index is 1030. The molecule has 0 saturated heterocycles. The number of carbonyl (C=O) groups excluding carboxylic acids is 1. The maximum Gasteiger partial charge on any atom is 0.584 e. The van der Waals surface area contributed by atoms with Crippen molar-refractivity contribution in [1.82, 2.24) is 0 Å². The number of carbonyl (C=O) groups is 1. The minimum atomic E-state index is -4.33. The van der Waals surface area contributed by atoms with Gasteiger partial charge in [-0.2, -0.15) is 0 Å². The fraction of sp³-hybridized carbons (Fsp3) is 0.0952. The number of aromatic hydroxyl groups is 2.